The molecule has 1 heterocycles. The van der Waals surface area contributed by atoms with Gasteiger partial charge in [-0.2, -0.15) is 0 Å². The lowest BCUT2D eigenvalue weighted by Gasteiger charge is -2.22. The summed E-state index contributed by atoms with van der Waals surface area (Å²) in [5.74, 6) is -0.305. The van der Waals surface area contributed by atoms with E-state index in [0.29, 0.717) is 11.0 Å². The zero-order chi connectivity index (χ0) is 10.7. The summed E-state index contributed by atoms with van der Waals surface area (Å²) in [4.78, 5) is 24.5. The van der Waals surface area contributed by atoms with Gasteiger partial charge in [-0.3, -0.25) is 9.59 Å². The molecule has 0 aromatic carbocycles. The number of hydrogen-bond acceptors (Lipinski definition) is 2. The molecule has 0 aromatic rings. The van der Waals surface area contributed by atoms with Gasteiger partial charge < -0.3 is 10.2 Å². The second kappa shape index (κ2) is 4.59. The minimum atomic E-state index is -0.332. The zero-order valence-corrected chi connectivity index (χ0v) is 9.63. The van der Waals surface area contributed by atoms with Gasteiger partial charge in [0.2, 0.25) is 5.91 Å². The maximum absolute atomic E-state index is 11.6. The molecule has 1 atom stereocenters. The highest BCUT2D eigenvalue weighted by atomic mass is 79.9. The normalized spacial score (nSPS) is 20.7. The first-order valence-corrected chi connectivity index (χ1v) is 5.24. The minimum absolute atomic E-state index is 0.107. The van der Waals surface area contributed by atoms with Crippen LogP contribution in [0.3, 0.4) is 0 Å². The molecule has 1 rings (SSSR count). The third kappa shape index (κ3) is 2.15. The van der Waals surface area contributed by atoms with Crippen molar-refractivity contribution >= 4 is 27.7 Å². The zero-order valence-electron chi connectivity index (χ0n) is 8.05. The second-order valence-corrected chi connectivity index (χ2v) is 4.13. The summed E-state index contributed by atoms with van der Waals surface area (Å²) in [5, 5.41) is 2.55. The fourth-order valence-corrected chi connectivity index (χ4v) is 1.83. The first-order chi connectivity index (χ1) is 6.57. The molecule has 4 nitrogen and oxygen atoms in total. The Hall–Kier alpha value is -0.840. The van der Waals surface area contributed by atoms with E-state index in [1.165, 1.54) is 0 Å². The monoisotopic (exact) mass is 260 g/mol. The van der Waals surface area contributed by atoms with Crippen LogP contribution >= 0.6 is 15.9 Å². The number of amides is 2. The number of rotatable bonds is 2. The number of carbonyl (C=O) groups is 2. The molecule has 1 N–H and O–H groups in total. The quantitative estimate of drug-likeness (QED) is 0.741. The summed E-state index contributed by atoms with van der Waals surface area (Å²) in [6.07, 6.45) is 1.59. The van der Waals surface area contributed by atoms with Crippen LogP contribution in [0.15, 0.2) is 11.1 Å². The second-order valence-electron chi connectivity index (χ2n) is 3.18. The van der Waals surface area contributed by atoms with Crippen LogP contribution in [0.2, 0.25) is 0 Å². The third-order valence-electron chi connectivity index (χ3n) is 2.29. The van der Waals surface area contributed by atoms with Crippen LogP contribution < -0.4 is 5.32 Å². The Morgan fingerprint density at radius 2 is 2.21 bits per heavy atom. The molecule has 0 saturated carbocycles. The Labute approximate surface area is 91.5 Å². The molecule has 14 heavy (non-hydrogen) atoms. The van der Waals surface area contributed by atoms with Crippen molar-refractivity contribution < 1.29 is 9.59 Å². The van der Waals surface area contributed by atoms with Crippen LogP contribution in [0.1, 0.15) is 12.8 Å². The molecule has 0 aliphatic carbocycles. The number of carbonyl (C=O) groups excluding carboxylic acids is 2. The fourth-order valence-electron chi connectivity index (χ4n) is 1.60. The molecule has 1 aliphatic rings. The highest BCUT2D eigenvalue weighted by Crippen LogP contribution is 2.20. The van der Waals surface area contributed by atoms with E-state index in [1.807, 2.05) is 0 Å². The fraction of sp³-hybridized carbons (Fsp3) is 0.556. The number of likely N-dealkylation sites (tertiary alicyclic amines) is 1. The lowest BCUT2D eigenvalue weighted by atomic mass is 10.2. The smallest absolute Gasteiger partial charge is 0.260 e. The Morgan fingerprint density at radius 3 is 2.71 bits per heavy atom. The van der Waals surface area contributed by atoms with Crippen molar-refractivity contribution in [3.63, 3.8) is 0 Å². The summed E-state index contributed by atoms with van der Waals surface area (Å²) in [5.41, 5.74) is 0. The molecule has 0 aromatic heterocycles. The predicted octanol–water partition coefficient (Wildman–Crippen LogP) is 0.632. The minimum Gasteiger partial charge on any atom is -0.357 e. The van der Waals surface area contributed by atoms with E-state index in [0.717, 1.165) is 12.8 Å². The lowest BCUT2D eigenvalue weighted by Crippen LogP contribution is -2.44. The van der Waals surface area contributed by atoms with Gasteiger partial charge in [0.25, 0.3) is 5.91 Å². The molecule has 1 saturated heterocycles. The van der Waals surface area contributed by atoms with Gasteiger partial charge in [0.15, 0.2) is 0 Å². The van der Waals surface area contributed by atoms with Crippen molar-refractivity contribution in [3.8, 4) is 0 Å². The van der Waals surface area contributed by atoms with E-state index in [4.69, 9.17) is 0 Å². The van der Waals surface area contributed by atoms with E-state index in [-0.39, 0.29) is 17.9 Å². The molecule has 0 bridgehead atoms. The topological polar surface area (TPSA) is 49.4 Å². The van der Waals surface area contributed by atoms with Crippen molar-refractivity contribution in [2.45, 2.75) is 18.9 Å². The number of halogens is 1. The summed E-state index contributed by atoms with van der Waals surface area (Å²) in [6.45, 7) is 4.14. The van der Waals surface area contributed by atoms with Crippen LogP contribution in [0, 0.1) is 0 Å². The van der Waals surface area contributed by atoms with Crippen LogP contribution in [0.25, 0.3) is 0 Å². The van der Waals surface area contributed by atoms with Crippen molar-refractivity contribution in [1.29, 1.82) is 0 Å². The molecule has 0 unspecified atom stereocenters. The summed E-state index contributed by atoms with van der Waals surface area (Å²) in [7, 11) is 1.58. The number of likely N-dealkylation sites (N-methyl/N-ethyl adjacent to an activating group) is 1. The Balaban J connectivity index is 2.73. The molecule has 2 amide bonds. The average molecular weight is 261 g/mol. The molecule has 0 spiro atoms. The summed E-state index contributed by atoms with van der Waals surface area (Å²) in [6, 6.07) is -0.332. The molecule has 5 heteroatoms. The van der Waals surface area contributed by atoms with Gasteiger partial charge in [0.1, 0.15) is 6.04 Å². The Kier molecular flexibility index (Phi) is 3.69. The third-order valence-corrected chi connectivity index (χ3v) is 2.63. The average Bonchev–Trinajstić information content (AvgIpc) is 2.63. The van der Waals surface area contributed by atoms with E-state index in [9.17, 15) is 9.59 Å². The van der Waals surface area contributed by atoms with Crippen LogP contribution in [-0.2, 0) is 9.59 Å². The molecule has 1 fully saturated rings. The van der Waals surface area contributed by atoms with Crippen LogP contribution in [-0.4, -0.2) is 36.3 Å². The molecular weight excluding hydrogens is 248 g/mol. The lowest BCUT2D eigenvalue weighted by molar-refractivity contribution is -0.134. The summed E-state index contributed by atoms with van der Waals surface area (Å²) < 4.78 is 0.299. The predicted molar refractivity (Wildman–Crippen MR) is 56.9 cm³/mol. The van der Waals surface area contributed by atoms with E-state index < -0.39 is 0 Å². The van der Waals surface area contributed by atoms with Crippen molar-refractivity contribution in [1.82, 2.24) is 10.2 Å². The van der Waals surface area contributed by atoms with Gasteiger partial charge in [0, 0.05) is 13.6 Å². The highest BCUT2D eigenvalue weighted by molar-refractivity contribution is 9.12. The number of nitrogens with zero attached hydrogens (tertiary/aromatic N) is 1. The summed E-state index contributed by atoms with van der Waals surface area (Å²) >= 11 is 3.03. The maximum Gasteiger partial charge on any atom is 0.260 e. The van der Waals surface area contributed by atoms with Gasteiger partial charge in [-0.05, 0) is 28.8 Å². The van der Waals surface area contributed by atoms with E-state index in [1.54, 1.807) is 11.9 Å². The van der Waals surface area contributed by atoms with Crippen molar-refractivity contribution in [2.24, 2.45) is 0 Å². The van der Waals surface area contributed by atoms with Crippen LogP contribution in [0.5, 0.6) is 0 Å². The Morgan fingerprint density at radius 1 is 1.57 bits per heavy atom. The van der Waals surface area contributed by atoms with Gasteiger partial charge in [-0.25, -0.2) is 0 Å². The molecule has 78 valence electrons. The van der Waals surface area contributed by atoms with Crippen molar-refractivity contribution in [3.05, 3.63) is 11.1 Å². The number of nitrogens with one attached hydrogen (secondary N) is 1. The SMILES string of the molecule is C=C(Br)C(=O)N1CCC[C@@H]1C(=O)NC. The molecule has 0 radical (unpaired) electrons. The standard InChI is InChI=1S/C9H13BrN2O2/c1-6(10)9(14)12-5-3-4-7(12)8(13)11-2/h7H,1,3-5H2,2H3,(H,11,13)/t7-/m1/s1. The van der Waals surface area contributed by atoms with E-state index >= 15 is 0 Å². The van der Waals surface area contributed by atoms with Gasteiger partial charge >= 0.3 is 0 Å². The molecular formula is C9H13BrN2O2. The van der Waals surface area contributed by atoms with Crippen molar-refractivity contribution in [2.75, 3.05) is 13.6 Å². The first kappa shape index (κ1) is 11.2. The van der Waals surface area contributed by atoms with E-state index in [2.05, 4.69) is 27.8 Å². The Bertz CT molecular complexity index is 278. The highest BCUT2D eigenvalue weighted by Gasteiger charge is 2.33. The van der Waals surface area contributed by atoms with Crippen LogP contribution in [0.4, 0.5) is 0 Å². The van der Waals surface area contributed by atoms with Gasteiger partial charge in [-0.15, -0.1) is 0 Å². The maximum atomic E-state index is 11.6. The molecule has 1 aliphatic heterocycles. The first-order valence-electron chi connectivity index (χ1n) is 4.45. The number of hydrogen-bond donors (Lipinski definition) is 1. The largest absolute Gasteiger partial charge is 0.357 e. The van der Waals surface area contributed by atoms with Gasteiger partial charge in [0.05, 0.1) is 4.48 Å². The van der Waals surface area contributed by atoms with Gasteiger partial charge in [-0.1, -0.05) is 6.58 Å².